The Hall–Kier alpha value is -1.84. The molecule has 2 amide bonds. The fraction of sp³-hybridized carbons (Fsp3) is 0.500. The van der Waals surface area contributed by atoms with Crippen LogP contribution in [0.2, 0.25) is 0 Å². The van der Waals surface area contributed by atoms with Gasteiger partial charge in [-0.1, -0.05) is 43.7 Å². The lowest BCUT2D eigenvalue weighted by atomic mass is 9.99. The van der Waals surface area contributed by atoms with E-state index in [-0.39, 0.29) is 17.9 Å². The minimum Gasteiger partial charge on any atom is -0.343 e. The molecular weight excluding hydrogens is 252 g/mol. The average Bonchev–Trinajstić information content (AvgIpc) is 2.45. The van der Waals surface area contributed by atoms with Crippen molar-refractivity contribution in [3.05, 3.63) is 35.9 Å². The van der Waals surface area contributed by atoms with Gasteiger partial charge in [0, 0.05) is 13.0 Å². The normalized spacial score (nSPS) is 22.8. The minimum absolute atomic E-state index is 0.0268. The van der Waals surface area contributed by atoms with Crippen LogP contribution in [0.15, 0.2) is 30.3 Å². The van der Waals surface area contributed by atoms with E-state index in [1.165, 1.54) is 0 Å². The highest BCUT2D eigenvalue weighted by Gasteiger charge is 2.37. The third-order valence-electron chi connectivity index (χ3n) is 3.72. The van der Waals surface area contributed by atoms with Crippen LogP contribution in [0.25, 0.3) is 0 Å². The van der Waals surface area contributed by atoms with E-state index in [0.717, 1.165) is 18.4 Å². The lowest BCUT2D eigenvalue weighted by Gasteiger charge is -2.38. The lowest BCUT2D eigenvalue weighted by Crippen LogP contribution is -2.63. The number of carbonyl (C=O) groups is 2. The molecule has 4 nitrogen and oxygen atoms in total. The number of benzene rings is 1. The molecule has 20 heavy (non-hydrogen) atoms. The van der Waals surface area contributed by atoms with E-state index in [1.807, 2.05) is 30.3 Å². The van der Waals surface area contributed by atoms with Gasteiger partial charge in [-0.2, -0.15) is 0 Å². The van der Waals surface area contributed by atoms with Gasteiger partial charge in [0.2, 0.25) is 11.8 Å². The van der Waals surface area contributed by atoms with Gasteiger partial charge in [0.25, 0.3) is 0 Å². The first-order valence-electron chi connectivity index (χ1n) is 7.28. The summed E-state index contributed by atoms with van der Waals surface area (Å²) in [4.78, 5) is 26.3. The Morgan fingerprint density at radius 1 is 1.20 bits per heavy atom. The van der Waals surface area contributed by atoms with Crippen molar-refractivity contribution >= 4 is 11.8 Å². The van der Waals surface area contributed by atoms with Crippen LogP contribution in [0, 0.1) is 0 Å². The van der Waals surface area contributed by atoms with Crippen LogP contribution in [0.1, 0.15) is 32.3 Å². The van der Waals surface area contributed by atoms with Crippen molar-refractivity contribution < 1.29 is 9.59 Å². The molecule has 0 saturated carbocycles. The molecule has 1 aliphatic heterocycles. The number of piperazine rings is 1. The number of hydrogen-bond donors (Lipinski definition) is 1. The molecule has 1 aromatic carbocycles. The maximum absolute atomic E-state index is 12.3. The number of rotatable bonds is 5. The molecule has 1 aromatic rings. The van der Waals surface area contributed by atoms with Crippen LogP contribution in [-0.2, 0) is 16.0 Å². The molecule has 0 radical (unpaired) electrons. The van der Waals surface area contributed by atoms with Crippen LogP contribution in [0.5, 0.6) is 0 Å². The fourth-order valence-electron chi connectivity index (χ4n) is 2.55. The van der Waals surface area contributed by atoms with Crippen LogP contribution >= 0.6 is 0 Å². The molecular formula is C16H22N2O2. The highest BCUT2D eigenvalue weighted by atomic mass is 16.2. The number of amides is 2. The molecule has 1 fully saturated rings. The third kappa shape index (κ3) is 3.18. The van der Waals surface area contributed by atoms with Gasteiger partial charge in [-0.3, -0.25) is 9.59 Å². The Balaban J connectivity index is 2.17. The van der Waals surface area contributed by atoms with Crippen LogP contribution in [0.4, 0.5) is 0 Å². The summed E-state index contributed by atoms with van der Waals surface area (Å²) in [5, 5.41) is 2.78. The van der Waals surface area contributed by atoms with E-state index in [9.17, 15) is 9.59 Å². The fourth-order valence-corrected chi connectivity index (χ4v) is 2.55. The van der Waals surface area contributed by atoms with Gasteiger partial charge < -0.3 is 10.2 Å². The molecule has 0 spiro atoms. The van der Waals surface area contributed by atoms with Gasteiger partial charge >= 0.3 is 0 Å². The monoisotopic (exact) mass is 274 g/mol. The molecule has 2 atom stereocenters. The topological polar surface area (TPSA) is 49.4 Å². The highest BCUT2D eigenvalue weighted by molar-refractivity contribution is 5.96. The summed E-state index contributed by atoms with van der Waals surface area (Å²) in [5.41, 5.74) is 1.08. The molecule has 1 saturated heterocycles. The Morgan fingerprint density at radius 2 is 1.90 bits per heavy atom. The molecule has 2 unspecified atom stereocenters. The number of unbranched alkanes of at least 4 members (excludes halogenated alkanes) is 1. The molecule has 2 rings (SSSR count). The van der Waals surface area contributed by atoms with Crippen LogP contribution in [-0.4, -0.2) is 35.3 Å². The Labute approximate surface area is 120 Å². The summed E-state index contributed by atoms with van der Waals surface area (Å²) >= 11 is 0. The standard InChI is InChI=1S/C16H22N2O2/c1-3-4-10-18-14(11-13-8-6-5-7-9-13)15(19)17-12(2)16(18)20/h5-9,12,14H,3-4,10-11H2,1-2H3,(H,17,19). The average molecular weight is 274 g/mol. The predicted molar refractivity (Wildman–Crippen MR) is 78.2 cm³/mol. The summed E-state index contributed by atoms with van der Waals surface area (Å²) in [6.07, 6.45) is 2.52. The zero-order valence-corrected chi connectivity index (χ0v) is 12.1. The predicted octanol–water partition coefficient (Wildman–Crippen LogP) is 1.74. The Morgan fingerprint density at radius 3 is 2.55 bits per heavy atom. The van der Waals surface area contributed by atoms with Gasteiger partial charge in [-0.05, 0) is 18.9 Å². The molecule has 0 bridgehead atoms. The van der Waals surface area contributed by atoms with Gasteiger partial charge in [0.15, 0.2) is 0 Å². The van der Waals surface area contributed by atoms with E-state index in [1.54, 1.807) is 11.8 Å². The van der Waals surface area contributed by atoms with E-state index < -0.39 is 6.04 Å². The quantitative estimate of drug-likeness (QED) is 0.889. The maximum atomic E-state index is 12.3. The van der Waals surface area contributed by atoms with Crippen molar-refractivity contribution in [2.45, 2.75) is 45.2 Å². The zero-order chi connectivity index (χ0) is 14.5. The number of carbonyl (C=O) groups excluding carboxylic acids is 2. The summed E-state index contributed by atoms with van der Waals surface area (Å²) in [6, 6.07) is 9.06. The van der Waals surface area contributed by atoms with Crippen molar-refractivity contribution in [2.24, 2.45) is 0 Å². The Kier molecular flexibility index (Phi) is 4.77. The number of nitrogens with zero attached hydrogens (tertiary/aromatic N) is 1. The summed E-state index contributed by atoms with van der Waals surface area (Å²) in [5.74, 6) is -0.0176. The summed E-state index contributed by atoms with van der Waals surface area (Å²) in [7, 11) is 0. The smallest absolute Gasteiger partial charge is 0.245 e. The first-order chi connectivity index (χ1) is 9.63. The number of nitrogens with one attached hydrogen (secondary N) is 1. The van der Waals surface area contributed by atoms with Crippen molar-refractivity contribution in [1.82, 2.24) is 10.2 Å². The molecule has 108 valence electrons. The largest absolute Gasteiger partial charge is 0.343 e. The zero-order valence-electron chi connectivity index (χ0n) is 12.1. The van der Waals surface area contributed by atoms with Crippen molar-refractivity contribution in [2.75, 3.05) is 6.54 Å². The second kappa shape index (κ2) is 6.55. The molecule has 4 heteroatoms. The van der Waals surface area contributed by atoms with Gasteiger partial charge in [0.05, 0.1) is 0 Å². The first-order valence-corrected chi connectivity index (χ1v) is 7.28. The maximum Gasteiger partial charge on any atom is 0.245 e. The third-order valence-corrected chi connectivity index (χ3v) is 3.72. The SMILES string of the molecule is CCCCN1C(=O)C(C)NC(=O)C1Cc1ccccc1. The van der Waals surface area contributed by atoms with Crippen LogP contribution in [0.3, 0.4) is 0 Å². The van der Waals surface area contributed by atoms with E-state index in [4.69, 9.17) is 0 Å². The van der Waals surface area contributed by atoms with Crippen molar-refractivity contribution in [3.8, 4) is 0 Å². The lowest BCUT2D eigenvalue weighted by molar-refractivity contribution is -0.148. The summed E-state index contributed by atoms with van der Waals surface area (Å²) in [6.45, 7) is 4.49. The molecule has 1 heterocycles. The molecule has 1 aliphatic rings. The van der Waals surface area contributed by atoms with E-state index >= 15 is 0 Å². The van der Waals surface area contributed by atoms with Gasteiger partial charge in [0.1, 0.15) is 12.1 Å². The Bertz CT molecular complexity index is 473. The summed E-state index contributed by atoms with van der Waals surface area (Å²) < 4.78 is 0. The highest BCUT2D eigenvalue weighted by Crippen LogP contribution is 2.16. The first kappa shape index (κ1) is 14.6. The van der Waals surface area contributed by atoms with E-state index in [2.05, 4.69) is 12.2 Å². The second-order valence-corrected chi connectivity index (χ2v) is 5.32. The van der Waals surface area contributed by atoms with Gasteiger partial charge in [-0.25, -0.2) is 0 Å². The van der Waals surface area contributed by atoms with E-state index in [0.29, 0.717) is 13.0 Å². The second-order valence-electron chi connectivity index (χ2n) is 5.32. The minimum atomic E-state index is -0.411. The van der Waals surface area contributed by atoms with Crippen molar-refractivity contribution in [1.29, 1.82) is 0 Å². The van der Waals surface area contributed by atoms with Gasteiger partial charge in [-0.15, -0.1) is 0 Å². The molecule has 0 aliphatic carbocycles. The number of hydrogen-bond acceptors (Lipinski definition) is 2. The molecule has 1 N–H and O–H groups in total. The van der Waals surface area contributed by atoms with Crippen LogP contribution < -0.4 is 5.32 Å². The molecule has 0 aromatic heterocycles. The van der Waals surface area contributed by atoms with Crippen molar-refractivity contribution in [3.63, 3.8) is 0 Å².